The molecule has 0 saturated carbocycles. The maximum absolute atomic E-state index is 8.60. The van der Waals surface area contributed by atoms with Crippen LogP contribution >= 0.6 is 12.2 Å². The highest BCUT2D eigenvalue weighted by molar-refractivity contribution is 7.80. The van der Waals surface area contributed by atoms with Crippen LogP contribution < -0.4 is 5.73 Å². The van der Waals surface area contributed by atoms with Crippen molar-refractivity contribution in [2.24, 2.45) is 5.73 Å². The van der Waals surface area contributed by atoms with Gasteiger partial charge in [-0.3, -0.25) is 0 Å². The molecule has 0 aliphatic heterocycles. The lowest BCUT2D eigenvalue weighted by atomic mass is 10.3. The number of aliphatic hydroxyl groups is 1. The molecule has 0 aliphatic rings. The number of nitrogens with two attached hydrogens (primary N) is 1. The van der Waals surface area contributed by atoms with E-state index in [-0.39, 0.29) is 0 Å². The Morgan fingerprint density at radius 2 is 2.43 bits per heavy atom. The summed E-state index contributed by atoms with van der Waals surface area (Å²) in [7, 11) is 0. The van der Waals surface area contributed by atoms with Crippen molar-refractivity contribution in [3.63, 3.8) is 0 Å². The van der Waals surface area contributed by atoms with E-state index in [0.29, 0.717) is 11.4 Å². The van der Waals surface area contributed by atoms with E-state index in [1.54, 1.807) is 6.92 Å². The van der Waals surface area contributed by atoms with Crippen LogP contribution in [0.4, 0.5) is 0 Å². The molecule has 0 amide bonds. The van der Waals surface area contributed by atoms with E-state index in [1.807, 2.05) is 0 Å². The summed E-state index contributed by atoms with van der Waals surface area (Å²) < 4.78 is 0. The third kappa shape index (κ3) is 2.68. The van der Waals surface area contributed by atoms with Crippen molar-refractivity contribution in [2.75, 3.05) is 6.54 Å². The van der Waals surface area contributed by atoms with Gasteiger partial charge in [-0.05, 0) is 6.92 Å². The van der Waals surface area contributed by atoms with Gasteiger partial charge in [0, 0.05) is 11.4 Å². The molecule has 0 aromatic rings. The van der Waals surface area contributed by atoms with Gasteiger partial charge in [0.1, 0.15) is 0 Å². The first-order valence-corrected chi connectivity index (χ1v) is 2.50. The summed E-state index contributed by atoms with van der Waals surface area (Å²) in [6.07, 6.45) is -0.528. The highest BCUT2D eigenvalue weighted by atomic mass is 32.1. The van der Waals surface area contributed by atoms with E-state index >= 15 is 0 Å². The number of aliphatic hydroxyl groups excluding tert-OH is 1. The fourth-order valence-electron chi connectivity index (χ4n) is 0.171. The van der Waals surface area contributed by atoms with E-state index in [1.165, 1.54) is 0 Å². The molecule has 2 nitrogen and oxygen atoms in total. The molecule has 0 fully saturated rings. The van der Waals surface area contributed by atoms with Crippen molar-refractivity contribution in [2.45, 2.75) is 13.0 Å². The molecule has 0 spiro atoms. The molecule has 3 heteroatoms. The summed E-state index contributed by atoms with van der Waals surface area (Å²) in [5.41, 5.74) is 5.07. The van der Waals surface area contributed by atoms with Gasteiger partial charge >= 0.3 is 0 Å². The fraction of sp³-hybridized carbons (Fsp3) is 0.750. The van der Waals surface area contributed by atoms with E-state index in [9.17, 15) is 0 Å². The zero-order chi connectivity index (χ0) is 5.86. The normalized spacial score (nSPS) is 13.6. The van der Waals surface area contributed by atoms with E-state index in [0.717, 1.165) is 0 Å². The van der Waals surface area contributed by atoms with Gasteiger partial charge in [0.25, 0.3) is 0 Å². The van der Waals surface area contributed by atoms with Crippen LogP contribution in [0, 0.1) is 0 Å². The average molecular weight is 119 g/mol. The van der Waals surface area contributed by atoms with Gasteiger partial charge in [0.2, 0.25) is 0 Å². The molecule has 0 saturated heterocycles. The lowest BCUT2D eigenvalue weighted by Gasteiger charge is -1.99. The molecule has 0 rings (SSSR count). The van der Waals surface area contributed by atoms with Crippen LogP contribution in [0.5, 0.6) is 0 Å². The van der Waals surface area contributed by atoms with Gasteiger partial charge in [0.05, 0.1) is 6.10 Å². The molecule has 0 heterocycles. The van der Waals surface area contributed by atoms with Crippen molar-refractivity contribution in [1.29, 1.82) is 0 Å². The van der Waals surface area contributed by atoms with Crippen molar-refractivity contribution in [3.8, 4) is 0 Å². The van der Waals surface area contributed by atoms with Gasteiger partial charge in [-0.2, -0.15) is 0 Å². The Morgan fingerprint density at radius 1 is 2.00 bits per heavy atom. The van der Waals surface area contributed by atoms with Crippen molar-refractivity contribution < 1.29 is 5.11 Å². The van der Waals surface area contributed by atoms with Crippen LogP contribution in [0.15, 0.2) is 0 Å². The minimum atomic E-state index is -0.528. The summed E-state index contributed by atoms with van der Waals surface area (Å²) in [4.78, 5) is 0.514. The first-order chi connectivity index (χ1) is 3.18. The van der Waals surface area contributed by atoms with Gasteiger partial charge in [-0.25, -0.2) is 0 Å². The van der Waals surface area contributed by atoms with Crippen LogP contribution in [-0.4, -0.2) is 22.6 Å². The molecule has 0 radical (unpaired) electrons. The first-order valence-electron chi connectivity index (χ1n) is 2.09. The molecule has 7 heavy (non-hydrogen) atoms. The number of hydrogen-bond acceptors (Lipinski definition) is 3. The zero-order valence-corrected chi connectivity index (χ0v) is 5.03. The summed E-state index contributed by atoms with van der Waals surface area (Å²) in [5.74, 6) is 0. The van der Waals surface area contributed by atoms with Crippen molar-refractivity contribution in [1.82, 2.24) is 0 Å². The molecule has 0 bridgehead atoms. The Bertz CT molecular complexity index is 72.1. The van der Waals surface area contributed by atoms with E-state index in [4.69, 9.17) is 10.8 Å². The van der Waals surface area contributed by atoms with Gasteiger partial charge in [0.15, 0.2) is 0 Å². The Hall–Kier alpha value is 0.01000. The van der Waals surface area contributed by atoms with Crippen LogP contribution in [0.2, 0.25) is 0 Å². The van der Waals surface area contributed by atoms with E-state index < -0.39 is 6.10 Å². The Kier molecular flexibility index (Phi) is 3.07. The summed E-state index contributed by atoms with van der Waals surface area (Å²) in [5, 5.41) is 8.60. The predicted molar refractivity (Wildman–Crippen MR) is 33.3 cm³/mol. The SMILES string of the molecule is CC(O)C(=S)CN. The predicted octanol–water partition coefficient (Wildman–Crippen LogP) is -0.304. The number of thiocarbonyl (C=S) groups is 1. The Labute approximate surface area is 48.3 Å². The third-order valence-electron chi connectivity index (χ3n) is 0.667. The number of rotatable bonds is 2. The minimum absolute atomic E-state index is 0.299. The molecule has 3 N–H and O–H groups in total. The minimum Gasteiger partial charge on any atom is -0.388 e. The highest BCUT2D eigenvalue weighted by Gasteiger charge is 1.98. The zero-order valence-electron chi connectivity index (χ0n) is 4.22. The summed E-state index contributed by atoms with van der Waals surface area (Å²) >= 11 is 4.60. The second kappa shape index (κ2) is 3.07. The molecular weight excluding hydrogens is 110 g/mol. The quantitative estimate of drug-likeness (QED) is 0.490. The topological polar surface area (TPSA) is 46.2 Å². The van der Waals surface area contributed by atoms with Crippen LogP contribution in [0.1, 0.15) is 6.92 Å². The first kappa shape index (κ1) is 7.01. The summed E-state index contributed by atoms with van der Waals surface area (Å²) in [6.45, 7) is 1.90. The maximum Gasteiger partial charge on any atom is 0.0837 e. The molecule has 42 valence electrons. The lowest BCUT2D eigenvalue weighted by Crippen LogP contribution is -2.22. The molecule has 0 aromatic carbocycles. The molecular formula is C4H9NOS. The maximum atomic E-state index is 8.60. The van der Waals surface area contributed by atoms with Gasteiger partial charge in [-0.1, -0.05) is 12.2 Å². The second-order valence-electron chi connectivity index (χ2n) is 1.35. The standard InChI is InChI=1S/C4H9NOS/c1-3(6)4(7)2-5/h3,6H,2,5H2,1H3. The van der Waals surface area contributed by atoms with Crippen molar-refractivity contribution >= 4 is 17.1 Å². The third-order valence-corrected chi connectivity index (χ3v) is 1.17. The molecule has 0 aliphatic carbocycles. The summed E-state index contributed by atoms with van der Waals surface area (Å²) in [6, 6.07) is 0. The van der Waals surface area contributed by atoms with Crippen molar-refractivity contribution in [3.05, 3.63) is 0 Å². The second-order valence-corrected chi connectivity index (χ2v) is 1.87. The van der Waals surface area contributed by atoms with Crippen LogP contribution in [0.3, 0.4) is 0 Å². The fourth-order valence-corrected chi connectivity index (χ4v) is 0.171. The number of hydrogen-bond donors (Lipinski definition) is 2. The Balaban J connectivity index is 3.35. The average Bonchev–Trinajstić information content (AvgIpc) is 1.65. The van der Waals surface area contributed by atoms with Crippen LogP contribution in [0.25, 0.3) is 0 Å². The molecule has 1 unspecified atom stereocenters. The van der Waals surface area contributed by atoms with Gasteiger partial charge < -0.3 is 10.8 Å². The van der Waals surface area contributed by atoms with Gasteiger partial charge in [-0.15, -0.1) is 0 Å². The molecule has 0 aromatic heterocycles. The highest BCUT2D eigenvalue weighted by Crippen LogP contribution is 1.82. The van der Waals surface area contributed by atoms with E-state index in [2.05, 4.69) is 12.2 Å². The van der Waals surface area contributed by atoms with Crippen LogP contribution in [-0.2, 0) is 0 Å². The largest absolute Gasteiger partial charge is 0.388 e. The lowest BCUT2D eigenvalue weighted by molar-refractivity contribution is 0.263. The molecule has 1 atom stereocenters. The Morgan fingerprint density at radius 3 is 2.43 bits per heavy atom. The monoisotopic (exact) mass is 119 g/mol. The smallest absolute Gasteiger partial charge is 0.0837 e.